The van der Waals surface area contributed by atoms with E-state index in [9.17, 15) is 9.59 Å². The minimum atomic E-state index is -0.559. The van der Waals surface area contributed by atoms with E-state index in [1.807, 2.05) is 18.2 Å². The van der Waals surface area contributed by atoms with Crippen LogP contribution in [0.1, 0.15) is 46.6 Å². The molecule has 1 aromatic carbocycles. The number of carbonyl (C=O) groups excluding carboxylic acids is 1. The number of aromatic nitrogens is 2. The summed E-state index contributed by atoms with van der Waals surface area (Å²) < 4.78 is 1.49. The van der Waals surface area contributed by atoms with E-state index < -0.39 is 6.04 Å². The third-order valence-electron chi connectivity index (χ3n) is 4.76. The van der Waals surface area contributed by atoms with Crippen LogP contribution in [0.5, 0.6) is 0 Å². The number of benzene rings is 1. The molecule has 4 rings (SSSR count). The first-order valence-corrected chi connectivity index (χ1v) is 9.09. The predicted octanol–water partition coefficient (Wildman–Crippen LogP) is 3.78. The topological polar surface area (TPSA) is 52.0 Å². The molecule has 0 saturated carbocycles. The smallest absolute Gasteiger partial charge is 0.263 e. The fraction of sp³-hybridized carbons (Fsp3) is 0.316. The lowest BCUT2D eigenvalue weighted by Gasteiger charge is -2.14. The Hall–Kier alpha value is -2.27. The van der Waals surface area contributed by atoms with E-state index in [4.69, 9.17) is 0 Å². The number of ketones is 1. The average molecular weight is 338 g/mol. The third kappa shape index (κ3) is 2.40. The van der Waals surface area contributed by atoms with Gasteiger partial charge in [-0.05, 0) is 38.2 Å². The van der Waals surface area contributed by atoms with E-state index in [1.54, 1.807) is 30.4 Å². The fourth-order valence-electron chi connectivity index (χ4n) is 3.40. The summed E-state index contributed by atoms with van der Waals surface area (Å²) in [5.74, 6) is -0.0667. The maximum Gasteiger partial charge on any atom is 0.263 e. The molecule has 0 radical (unpaired) electrons. The highest BCUT2D eigenvalue weighted by molar-refractivity contribution is 7.18. The fourth-order valence-corrected chi connectivity index (χ4v) is 4.62. The first-order valence-electron chi connectivity index (χ1n) is 8.27. The van der Waals surface area contributed by atoms with Crippen molar-refractivity contribution in [3.8, 4) is 0 Å². The number of aryl methyl sites for hydroxylation is 2. The Morgan fingerprint density at radius 3 is 2.75 bits per heavy atom. The van der Waals surface area contributed by atoms with Crippen molar-refractivity contribution in [3.63, 3.8) is 0 Å². The van der Waals surface area contributed by atoms with Gasteiger partial charge in [0.1, 0.15) is 4.83 Å². The highest BCUT2D eigenvalue weighted by Gasteiger charge is 2.23. The van der Waals surface area contributed by atoms with Gasteiger partial charge >= 0.3 is 0 Å². The SMILES string of the molecule is CC(C(=O)c1ccccc1)n1cnc2sc3c(c2c1=O)CCCC3. The molecule has 4 nitrogen and oxygen atoms in total. The van der Waals surface area contributed by atoms with Gasteiger partial charge in [-0.25, -0.2) is 4.98 Å². The number of hydrogen-bond acceptors (Lipinski definition) is 4. The summed E-state index contributed by atoms with van der Waals surface area (Å²) in [6.45, 7) is 1.77. The van der Waals surface area contributed by atoms with Gasteiger partial charge in [-0.1, -0.05) is 30.3 Å². The van der Waals surface area contributed by atoms with E-state index in [-0.39, 0.29) is 11.3 Å². The van der Waals surface area contributed by atoms with Crippen LogP contribution in [0, 0.1) is 0 Å². The van der Waals surface area contributed by atoms with Crippen LogP contribution in [-0.4, -0.2) is 15.3 Å². The van der Waals surface area contributed by atoms with E-state index in [0.29, 0.717) is 5.56 Å². The number of nitrogens with zero attached hydrogens (tertiary/aromatic N) is 2. The minimum Gasteiger partial charge on any atom is -0.292 e. The predicted molar refractivity (Wildman–Crippen MR) is 96.0 cm³/mol. The molecule has 0 fully saturated rings. The monoisotopic (exact) mass is 338 g/mol. The molecular formula is C19H18N2O2S. The van der Waals surface area contributed by atoms with Crippen LogP contribution in [0.4, 0.5) is 0 Å². The summed E-state index contributed by atoms with van der Waals surface area (Å²) in [6, 6.07) is 8.54. The molecule has 5 heteroatoms. The van der Waals surface area contributed by atoms with Gasteiger partial charge in [0.25, 0.3) is 5.56 Å². The molecule has 2 heterocycles. The summed E-state index contributed by atoms with van der Waals surface area (Å²) >= 11 is 1.63. The van der Waals surface area contributed by atoms with Crippen LogP contribution in [0.3, 0.4) is 0 Å². The Morgan fingerprint density at radius 1 is 1.21 bits per heavy atom. The Labute approximate surface area is 143 Å². The average Bonchev–Trinajstić information content (AvgIpc) is 3.01. The van der Waals surface area contributed by atoms with Gasteiger partial charge in [0.2, 0.25) is 0 Å². The van der Waals surface area contributed by atoms with Crippen molar-refractivity contribution in [2.75, 3.05) is 0 Å². The minimum absolute atomic E-state index is 0.0667. The molecule has 122 valence electrons. The quantitative estimate of drug-likeness (QED) is 0.683. The van der Waals surface area contributed by atoms with Crippen LogP contribution in [0.2, 0.25) is 0 Å². The van der Waals surface area contributed by atoms with Crippen LogP contribution in [0.25, 0.3) is 10.2 Å². The summed E-state index contributed by atoms with van der Waals surface area (Å²) in [7, 11) is 0. The molecule has 1 atom stereocenters. The van der Waals surface area contributed by atoms with Gasteiger partial charge in [-0.3, -0.25) is 14.2 Å². The summed E-state index contributed by atoms with van der Waals surface area (Å²) in [5.41, 5.74) is 1.69. The third-order valence-corrected chi connectivity index (χ3v) is 5.96. The number of Topliss-reactive ketones (excluding diaryl/α,β-unsaturated/α-hetero) is 1. The first-order chi connectivity index (χ1) is 11.7. The van der Waals surface area contributed by atoms with E-state index in [1.165, 1.54) is 22.2 Å². The molecule has 1 unspecified atom stereocenters. The lowest BCUT2D eigenvalue weighted by molar-refractivity contribution is 0.0932. The van der Waals surface area contributed by atoms with Crippen molar-refractivity contribution in [1.82, 2.24) is 9.55 Å². The Kier molecular flexibility index (Phi) is 3.81. The molecule has 1 aliphatic carbocycles. The molecule has 0 aliphatic heterocycles. The van der Waals surface area contributed by atoms with Gasteiger partial charge in [-0.2, -0.15) is 0 Å². The summed E-state index contributed by atoms with van der Waals surface area (Å²) in [4.78, 5) is 32.3. The lowest BCUT2D eigenvalue weighted by Crippen LogP contribution is -2.28. The van der Waals surface area contributed by atoms with Crippen molar-refractivity contribution in [1.29, 1.82) is 0 Å². The van der Waals surface area contributed by atoms with Gasteiger partial charge < -0.3 is 0 Å². The van der Waals surface area contributed by atoms with Crippen molar-refractivity contribution >= 4 is 27.3 Å². The molecule has 0 bridgehead atoms. The van der Waals surface area contributed by atoms with Crippen molar-refractivity contribution < 1.29 is 4.79 Å². The zero-order chi connectivity index (χ0) is 16.7. The molecule has 2 aromatic heterocycles. The number of fused-ring (bicyclic) bond motifs is 3. The summed E-state index contributed by atoms with van der Waals surface area (Å²) in [6.07, 6.45) is 5.80. The second-order valence-electron chi connectivity index (χ2n) is 6.25. The van der Waals surface area contributed by atoms with Crippen molar-refractivity contribution in [2.24, 2.45) is 0 Å². The van der Waals surface area contributed by atoms with Crippen LogP contribution < -0.4 is 5.56 Å². The standard InChI is InChI=1S/C19H18N2O2S/c1-12(17(22)13-7-3-2-4-8-13)21-11-20-18-16(19(21)23)14-9-5-6-10-15(14)24-18/h2-4,7-8,11-12H,5-6,9-10H2,1H3. The van der Waals surface area contributed by atoms with Crippen molar-refractivity contribution in [2.45, 2.75) is 38.6 Å². The Balaban J connectivity index is 1.81. The van der Waals surface area contributed by atoms with Gasteiger partial charge in [0, 0.05) is 10.4 Å². The normalized spacial score (nSPS) is 15.2. The largest absolute Gasteiger partial charge is 0.292 e. The first kappa shape index (κ1) is 15.3. The van der Waals surface area contributed by atoms with E-state index >= 15 is 0 Å². The zero-order valence-electron chi connectivity index (χ0n) is 13.5. The molecule has 3 aromatic rings. The Morgan fingerprint density at radius 2 is 1.96 bits per heavy atom. The van der Waals surface area contributed by atoms with E-state index in [2.05, 4.69) is 4.98 Å². The number of rotatable bonds is 3. The van der Waals surface area contributed by atoms with Gasteiger partial charge in [0.05, 0.1) is 17.8 Å². The lowest BCUT2D eigenvalue weighted by atomic mass is 9.97. The maximum absolute atomic E-state index is 13.0. The van der Waals surface area contributed by atoms with Crippen LogP contribution in [0.15, 0.2) is 41.5 Å². The van der Waals surface area contributed by atoms with Crippen molar-refractivity contribution in [3.05, 3.63) is 63.0 Å². The number of thiophene rings is 1. The second-order valence-corrected chi connectivity index (χ2v) is 7.34. The molecule has 0 spiro atoms. The number of carbonyl (C=O) groups is 1. The molecule has 24 heavy (non-hydrogen) atoms. The van der Waals surface area contributed by atoms with Crippen LogP contribution >= 0.6 is 11.3 Å². The maximum atomic E-state index is 13.0. The van der Waals surface area contributed by atoms with Crippen LogP contribution in [-0.2, 0) is 12.8 Å². The number of hydrogen-bond donors (Lipinski definition) is 0. The highest BCUT2D eigenvalue weighted by Crippen LogP contribution is 2.33. The Bertz CT molecular complexity index is 972. The van der Waals surface area contributed by atoms with Gasteiger partial charge in [-0.15, -0.1) is 11.3 Å². The second kappa shape index (κ2) is 5.98. The molecule has 0 N–H and O–H groups in total. The van der Waals surface area contributed by atoms with Gasteiger partial charge in [0.15, 0.2) is 5.78 Å². The van der Waals surface area contributed by atoms with E-state index in [0.717, 1.165) is 35.0 Å². The molecule has 1 aliphatic rings. The molecular weight excluding hydrogens is 320 g/mol. The molecule has 0 amide bonds. The highest BCUT2D eigenvalue weighted by atomic mass is 32.1. The summed E-state index contributed by atoms with van der Waals surface area (Å²) in [5, 5.41) is 0.727. The zero-order valence-corrected chi connectivity index (χ0v) is 14.3. The molecule has 0 saturated heterocycles.